The van der Waals surface area contributed by atoms with Crippen LogP contribution in [0.5, 0.6) is 0 Å². The zero-order valence-electron chi connectivity index (χ0n) is 17.8. The topological polar surface area (TPSA) is 133 Å². The number of nitrogens with two attached hydrogens (primary N) is 1. The summed E-state index contributed by atoms with van der Waals surface area (Å²) in [6, 6.07) is 11.1. The van der Waals surface area contributed by atoms with E-state index in [1.807, 2.05) is 12.1 Å². The standard InChI is InChI=1S/C23H18FN9O/c24-15-2-4-19(32-12-28-30-31-32)17(9-15)14-7-16-3-5-20(33(16)22(34)8-14)23-27-11-18(29-23)13-1-6-21(25)26-10-13/h1-2,4,6-12,20H,3,5H2,(H2,25,26)(H,27,29)/t20-/m0/s1. The van der Waals surface area contributed by atoms with Gasteiger partial charge in [0.2, 0.25) is 0 Å². The lowest BCUT2D eigenvalue weighted by Gasteiger charge is -2.14. The minimum atomic E-state index is -0.412. The number of imidazole rings is 1. The summed E-state index contributed by atoms with van der Waals surface area (Å²) >= 11 is 0. The molecule has 1 aromatic carbocycles. The molecule has 0 radical (unpaired) electrons. The first-order valence-electron chi connectivity index (χ1n) is 10.6. The number of nitrogens with one attached hydrogen (secondary N) is 1. The average Bonchev–Trinajstić information content (AvgIpc) is 3.60. The fraction of sp³-hybridized carbons (Fsp3) is 0.130. The normalized spacial score (nSPS) is 14.9. The molecule has 0 bridgehead atoms. The number of rotatable bonds is 4. The van der Waals surface area contributed by atoms with Gasteiger partial charge < -0.3 is 15.3 Å². The summed E-state index contributed by atoms with van der Waals surface area (Å²) in [7, 11) is 0. The van der Waals surface area contributed by atoms with Crippen molar-refractivity contribution < 1.29 is 4.39 Å². The number of hydrogen-bond donors (Lipinski definition) is 2. The largest absolute Gasteiger partial charge is 0.384 e. The van der Waals surface area contributed by atoms with Crippen LogP contribution in [0.25, 0.3) is 28.1 Å². The van der Waals surface area contributed by atoms with E-state index in [9.17, 15) is 9.18 Å². The highest BCUT2D eigenvalue weighted by atomic mass is 19.1. The van der Waals surface area contributed by atoms with Crippen molar-refractivity contribution in [2.75, 3.05) is 5.73 Å². The minimum absolute atomic E-state index is 0.186. The first-order valence-corrected chi connectivity index (χ1v) is 10.6. The van der Waals surface area contributed by atoms with Gasteiger partial charge in [-0.05, 0) is 65.2 Å². The van der Waals surface area contributed by atoms with Crippen LogP contribution in [0.4, 0.5) is 10.2 Å². The van der Waals surface area contributed by atoms with Crippen LogP contribution in [0.3, 0.4) is 0 Å². The van der Waals surface area contributed by atoms with E-state index >= 15 is 0 Å². The Bertz CT molecular complexity index is 1550. The Morgan fingerprint density at radius 1 is 1.06 bits per heavy atom. The van der Waals surface area contributed by atoms with Crippen LogP contribution in [-0.4, -0.2) is 39.7 Å². The predicted molar refractivity (Wildman–Crippen MR) is 121 cm³/mol. The number of aryl methyl sites for hydroxylation is 1. The number of aromatic nitrogens is 8. The fourth-order valence-corrected chi connectivity index (χ4v) is 4.44. The van der Waals surface area contributed by atoms with Crippen molar-refractivity contribution in [1.29, 1.82) is 0 Å². The zero-order valence-corrected chi connectivity index (χ0v) is 17.8. The van der Waals surface area contributed by atoms with Gasteiger partial charge in [0, 0.05) is 29.1 Å². The molecule has 0 saturated heterocycles. The maximum Gasteiger partial charge on any atom is 0.252 e. The Kier molecular flexibility index (Phi) is 4.54. The summed E-state index contributed by atoms with van der Waals surface area (Å²) in [4.78, 5) is 25.2. The minimum Gasteiger partial charge on any atom is -0.384 e. The summed E-state index contributed by atoms with van der Waals surface area (Å²) in [5.74, 6) is 0.725. The monoisotopic (exact) mass is 455 g/mol. The van der Waals surface area contributed by atoms with E-state index in [2.05, 4.69) is 30.5 Å². The second-order valence-electron chi connectivity index (χ2n) is 8.07. The number of benzene rings is 1. The molecule has 0 spiro atoms. The molecule has 0 saturated carbocycles. The highest BCUT2D eigenvalue weighted by molar-refractivity contribution is 5.73. The first kappa shape index (κ1) is 20.0. The van der Waals surface area contributed by atoms with Crippen molar-refractivity contribution in [2.45, 2.75) is 18.9 Å². The van der Waals surface area contributed by atoms with E-state index in [4.69, 9.17) is 5.73 Å². The van der Waals surface area contributed by atoms with Crippen molar-refractivity contribution >= 4 is 5.82 Å². The molecule has 1 atom stereocenters. The third kappa shape index (κ3) is 3.34. The van der Waals surface area contributed by atoms with E-state index in [1.54, 1.807) is 29.1 Å². The summed E-state index contributed by atoms with van der Waals surface area (Å²) in [5.41, 5.74) is 9.72. The molecule has 1 aliphatic rings. The molecule has 3 N–H and O–H groups in total. The number of hydrogen-bond acceptors (Lipinski definition) is 7. The van der Waals surface area contributed by atoms with Gasteiger partial charge in [-0.1, -0.05) is 0 Å². The molecule has 34 heavy (non-hydrogen) atoms. The van der Waals surface area contributed by atoms with Gasteiger partial charge in [-0.15, -0.1) is 5.10 Å². The van der Waals surface area contributed by atoms with Gasteiger partial charge in [0.15, 0.2) is 0 Å². The van der Waals surface area contributed by atoms with Crippen LogP contribution >= 0.6 is 0 Å². The lowest BCUT2D eigenvalue weighted by atomic mass is 10.0. The van der Waals surface area contributed by atoms with Gasteiger partial charge in [-0.25, -0.2) is 14.4 Å². The van der Waals surface area contributed by atoms with Crippen molar-refractivity contribution in [3.63, 3.8) is 0 Å². The van der Waals surface area contributed by atoms with Crippen LogP contribution in [0.15, 0.2) is 66.0 Å². The maximum absolute atomic E-state index is 14.1. The molecule has 10 nitrogen and oxygen atoms in total. The number of H-pyrrole nitrogens is 1. The molecule has 4 aromatic heterocycles. The molecule has 168 valence electrons. The average molecular weight is 455 g/mol. The first-order chi connectivity index (χ1) is 16.6. The quantitative estimate of drug-likeness (QED) is 0.425. The molecule has 0 aliphatic carbocycles. The zero-order chi connectivity index (χ0) is 23.2. The number of pyridine rings is 2. The van der Waals surface area contributed by atoms with Crippen LogP contribution in [-0.2, 0) is 6.42 Å². The van der Waals surface area contributed by atoms with Crippen LogP contribution in [0.1, 0.15) is 24.0 Å². The van der Waals surface area contributed by atoms with E-state index in [1.165, 1.54) is 29.2 Å². The van der Waals surface area contributed by atoms with E-state index < -0.39 is 5.82 Å². The van der Waals surface area contributed by atoms with E-state index in [0.29, 0.717) is 41.3 Å². The van der Waals surface area contributed by atoms with Gasteiger partial charge in [0.1, 0.15) is 23.8 Å². The van der Waals surface area contributed by atoms with Crippen LogP contribution in [0, 0.1) is 5.82 Å². The van der Waals surface area contributed by atoms with Crippen molar-refractivity contribution in [2.24, 2.45) is 0 Å². The third-order valence-corrected chi connectivity index (χ3v) is 6.01. The highest BCUT2D eigenvalue weighted by Crippen LogP contribution is 2.33. The Morgan fingerprint density at radius 3 is 2.76 bits per heavy atom. The van der Waals surface area contributed by atoms with Crippen LogP contribution in [0.2, 0.25) is 0 Å². The summed E-state index contributed by atoms with van der Waals surface area (Å²) < 4.78 is 17.3. The summed E-state index contributed by atoms with van der Waals surface area (Å²) in [5, 5.41) is 11.2. The molecule has 0 fully saturated rings. The lowest BCUT2D eigenvalue weighted by molar-refractivity contribution is 0.572. The number of nitrogens with zero attached hydrogens (tertiary/aromatic N) is 7. The van der Waals surface area contributed by atoms with E-state index in [-0.39, 0.29) is 11.6 Å². The Hall–Kier alpha value is -4.67. The van der Waals surface area contributed by atoms with Gasteiger partial charge >= 0.3 is 0 Å². The van der Waals surface area contributed by atoms with Gasteiger partial charge in [0.25, 0.3) is 5.56 Å². The Morgan fingerprint density at radius 2 is 1.97 bits per heavy atom. The number of aromatic amines is 1. The number of anilines is 1. The SMILES string of the molecule is Nc1ccc(-c2cnc([C@@H]3CCc4cc(-c5cc(F)ccc5-n5cnnn5)cc(=O)n43)[nH]2)cn1. The molecule has 0 unspecified atom stereocenters. The van der Waals surface area contributed by atoms with Gasteiger partial charge in [0.05, 0.1) is 23.6 Å². The predicted octanol–water partition coefficient (Wildman–Crippen LogP) is 2.53. The molecule has 5 heterocycles. The fourth-order valence-electron chi connectivity index (χ4n) is 4.44. The number of fused-ring (bicyclic) bond motifs is 1. The molecule has 0 amide bonds. The van der Waals surface area contributed by atoms with Gasteiger partial charge in [-0.3, -0.25) is 4.79 Å². The Labute approximate surface area is 191 Å². The molecule has 11 heteroatoms. The molecular weight excluding hydrogens is 437 g/mol. The maximum atomic E-state index is 14.1. The Balaban J connectivity index is 1.39. The molecule has 1 aliphatic heterocycles. The highest BCUT2D eigenvalue weighted by Gasteiger charge is 2.28. The van der Waals surface area contributed by atoms with Crippen molar-refractivity contribution in [3.05, 3.63) is 88.9 Å². The molecule has 5 aromatic rings. The summed E-state index contributed by atoms with van der Waals surface area (Å²) in [6.07, 6.45) is 6.23. The number of nitrogen functional groups attached to an aromatic ring is 1. The second-order valence-corrected chi connectivity index (χ2v) is 8.07. The van der Waals surface area contributed by atoms with E-state index in [0.717, 1.165) is 17.0 Å². The van der Waals surface area contributed by atoms with Crippen molar-refractivity contribution in [3.8, 4) is 28.1 Å². The smallest absolute Gasteiger partial charge is 0.252 e. The third-order valence-electron chi connectivity index (χ3n) is 6.01. The molecule has 6 rings (SSSR count). The van der Waals surface area contributed by atoms with Crippen LogP contribution < -0.4 is 11.3 Å². The molecular formula is C23H18FN9O. The number of tetrazole rings is 1. The summed E-state index contributed by atoms with van der Waals surface area (Å²) in [6.45, 7) is 0. The second kappa shape index (κ2) is 7.73. The lowest BCUT2D eigenvalue weighted by Crippen LogP contribution is -2.23. The van der Waals surface area contributed by atoms with Crippen molar-refractivity contribution in [1.82, 2.24) is 39.7 Å². The van der Waals surface area contributed by atoms with Gasteiger partial charge in [-0.2, -0.15) is 4.68 Å². The number of halogens is 1.